The molecule has 0 amide bonds. The van der Waals surface area contributed by atoms with E-state index in [2.05, 4.69) is 15.3 Å². The summed E-state index contributed by atoms with van der Waals surface area (Å²) in [5.41, 5.74) is -2.50. The van der Waals surface area contributed by atoms with Crippen LogP contribution in [0.4, 0.5) is 5.95 Å². The fourth-order valence-corrected chi connectivity index (χ4v) is 3.93. The number of nitrogens with one attached hydrogen (secondary N) is 1. The van der Waals surface area contributed by atoms with Crippen LogP contribution in [-0.4, -0.2) is 69.6 Å². The number of fused-ring (bicyclic) bond motifs is 2. The molecule has 2 aliphatic rings. The number of benzene rings is 1. The van der Waals surface area contributed by atoms with Gasteiger partial charge in [0, 0.05) is 5.56 Å². The molecule has 6 atom stereocenters. The third-order valence-electron chi connectivity index (χ3n) is 5.55. The van der Waals surface area contributed by atoms with Gasteiger partial charge in [0.2, 0.25) is 11.7 Å². The number of aromatic nitrogens is 4. The largest absolute Gasteiger partial charge is 0.394 e. The molecule has 0 aliphatic carbocycles. The first-order chi connectivity index (χ1) is 14.4. The monoisotopic (exact) mass is 417 g/mol. The Morgan fingerprint density at radius 1 is 1.17 bits per heavy atom. The van der Waals surface area contributed by atoms with Crippen LogP contribution >= 0.6 is 0 Å². The second-order valence-corrected chi connectivity index (χ2v) is 7.29. The molecule has 12 heteroatoms. The molecule has 158 valence electrons. The van der Waals surface area contributed by atoms with Crippen molar-refractivity contribution in [3.8, 4) is 0 Å². The zero-order valence-electron chi connectivity index (χ0n) is 15.4. The third-order valence-corrected chi connectivity index (χ3v) is 5.55. The Morgan fingerprint density at radius 2 is 1.90 bits per heavy atom. The molecular formula is C18H19N5O7. The highest BCUT2D eigenvalue weighted by Crippen LogP contribution is 2.39. The number of anilines is 1. The number of aliphatic hydroxyl groups excluding tert-OH is 4. The fraction of sp³-hybridized carbons (Fsp3) is 0.389. The number of imidazole rings is 1. The van der Waals surface area contributed by atoms with Gasteiger partial charge in [-0.3, -0.25) is 9.36 Å². The van der Waals surface area contributed by atoms with Gasteiger partial charge in [-0.25, -0.2) is 9.55 Å². The average molecular weight is 417 g/mol. The first-order valence-electron chi connectivity index (χ1n) is 9.22. The normalized spacial score (nSPS) is 33.0. The summed E-state index contributed by atoms with van der Waals surface area (Å²) < 4.78 is 7.64. The van der Waals surface area contributed by atoms with E-state index < -0.39 is 48.7 Å². The Hall–Kier alpha value is -2.87. The topological polar surface area (TPSA) is 175 Å². The summed E-state index contributed by atoms with van der Waals surface area (Å²) in [4.78, 5) is 21.3. The van der Waals surface area contributed by atoms with E-state index in [0.29, 0.717) is 5.56 Å². The van der Waals surface area contributed by atoms with Crippen LogP contribution in [-0.2, 0) is 10.5 Å². The van der Waals surface area contributed by atoms with Crippen LogP contribution < -0.4 is 10.9 Å². The Labute approximate surface area is 168 Å². The predicted octanol–water partition coefficient (Wildman–Crippen LogP) is -2.03. The molecule has 2 aromatic heterocycles. The van der Waals surface area contributed by atoms with E-state index in [4.69, 9.17) is 4.74 Å². The fourth-order valence-electron chi connectivity index (χ4n) is 3.93. The molecule has 6 N–H and O–H groups in total. The van der Waals surface area contributed by atoms with Crippen LogP contribution in [0.3, 0.4) is 0 Å². The lowest BCUT2D eigenvalue weighted by atomic mass is 10.0. The quantitative estimate of drug-likeness (QED) is 0.279. The molecule has 1 fully saturated rings. The van der Waals surface area contributed by atoms with Gasteiger partial charge in [-0.2, -0.15) is 4.98 Å². The molecule has 0 bridgehead atoms. The van der Waals surface area contributed by atoms with E-state index in [1.807, 2.05) is 0 Å². The zero-order chi connectivity index (χ0) is 21.2. The SMILES string of the molecule is O=c1c2ncn([C@@H]3O[C@H](CO)C(O)C3O)c2nc2n1C(O)C(O)(c1ccccc1)N2. The van der Waals surface area contributed by atoms with Crippen molar-refractivity contribution in [3.63, 3.8) is 0 Å². The smallest absolute Gasteiger partial charge is 0.285 e. The summed E-state index contributed by atoms with van der Waals surface area (Å²) in [5.74, 6) is -0.111. The van der Waals surface area contributed by atoms with Crippen molar-refractivity contribution in [1.29, 1.82) is 0 Å². The Kier molecular flexibility index (Phi) is 4.18. The highest BCUT2D eigenvalue weighted by atomic mass is 16.6. The van der Waals surface area contributed by atoms with Crippen molar-refractivity contribution in [2.24, 2.45) is 0 Å². The summed E-state index contributed by atoms with van der Waals surface area (Å²) in [7, 11) is 0. The average Bonchev–Trinajstić information content (AvgIpc) is 3.37. The van der Waals surface area contributed by atoms with E-state index in [-0.39, 0.29) is 17.1 Å². The molecule has 12 nitrogen and oxygen atoms in total. The number of rotatable bonds is 3. The lowest BCUT2D eigenvalue weighted by molar-refractivity contribution is -0.0851. The molecule has 3 aromatic rings. The highest BCUT2D eigenvalue weighted by Gasteiger charge is 2.48. The number of ether oxygens (including phenoxy) is 1. The molecule has 5 rings (SSSR count). The van der Waals surface area contributed by atoms with Gasteiger partial charge in [0.05, 0.1) is 12.9 Å². The molecule has 0 radical (unpaired) electrons. The molecular weight excluding hydrogens is 398 g/mol. The van der Waals surface area contributed by atoms with Gasteiger partial charge in [-0.1, -0.05) is 30.3 Å². The lowest BCUT2D eigenvalue weighted by Crippen LogP contribution is -2.39. The third kappa shape index (κ3) is 2.46. The van der Waals surface area contributed by atoms with Gasteiger partial charge >= 0.3 is 0 Å². The number of aliphatic hydroxyl groups is 5. The van der Waals surface area contributed by atoms with Crippen molar-refractivity contribution < 1.29 is 30.3 Å². The summed E-state index contributed by atoms with van der Waals surface area (Å²) in [6.07, 6.45) is -5.34. The minimum absolute atomic E-state index is 0.0121. The maximum atomic E-state index is 13.0. The Bertz CT molecular complexity index is 1160. The number of hydrogen-bond acceptors (Lipinski definition) is 10. The van der Waals surface area contributed by atoms with Gasteiger partial charge in [0.15, 0.2) is 23.6 Å². The van der Waals surface area contributed by atoms with Gasteiger partial charge in [-0.15, -0.1) is 0 Å². The Morgan fingerprint density at radius 3 is 2.57 bits per heavy atom. The maximum Gasteiger partial charge on any atom is 0.285 e. The Balaban J connectivity index is 1.62. The summed E-state index contributed by atoms with van der Waals surface area (Å²) in [6, 6.07) is 8.27. The predicted molar refractivity (Wildman–Crippen MR) is 100 cm³/mol. The summed E-state index contributed by atoms with van der Waals surface area (Å²) >= 11 is 0. The second kappa shape index (κ2) is 6.57. The number of hydrogen-bond donors (Lipinski definition) is 6. The molecule has 4 heterocycles. The van der Waals surface area contributed by atoms with Crippen molar-refractivity contribution in [3.05, 3.63) is 52.6 Å². The van der Waals surface area contributed by atoms with Crippen molar-refractivity contribution in [1.82, 2.24) is 19.1 Å². The van der Waals surface area contributed by atoms with Gasteiger partial charge < -0.3 is 35.6 Å². The van der Waals surface area contributed by atoms with E-state index >= 15 is 0 Å². The van der Waals surface area contributed by atoms with Crippen molar-refractivity contribution >= 4 is 17.1 Å². The standard InChI is InChI=1S/C18H19N5O7/c24-6-9-11(25)12(26)15(30-9)22-7-19-10-13(22)20-17-21-18(29,8-4-2-1-3-5-8)16(28)23(17)14(10)27/h1-5,7,9,11-12,15-16,24-26,28-29H,6H2,(H,20,21)/t9-,11?,12?,15-,16?,18?/m1/s1. The molecule has 0 saturated carbocycles. The van der Waals surface area contributed by atoms with E-state index in [1.165, 1.54) is 10.9 Å². The van der Waals surface area contributed by atoms with E-state index in [1.54, 1.807) is 30.3 Å². The van der Waals surface area contributed by atoms with Crippen LogP contribution in [0.15, 0.2) is 41.5 Å². The summed E-state index contributed by atoms with van der Waals surface area (Å²) in [5, 5.41) is 54.0. The van der Waals surface area contributed by atoms with Gasteiger partial charge in [-0.05, 0) is 0 Å². The van der Waals surface area contributed by atoms with Crippen LogP contribution in [0.1, 0.15) is 18.0 Å². The summed E-state index contributed by atoms with van der Waals surface area (Å²) in [6.45, 7) is -0.509. The molecule has 1 aromatic carbocycles. The van der Waals surface area contributed by atoms with E-state index in [9.17, 15) is 30.3 Å². The number of nitrogens with zero attached hydrogens (tertiary/aromatic N) is 4. The second-order valence-electron chi connectivity index (χ2n) is 7.29. The minimum atomic E-state index is -1.99. The minimum Gasteiger partial charge on any atom is -0.394 e. The van der Waals surface area contributed by atoms with Crippen LogP contribution in [0, 0.1) is 0 Å². The molecule has 2 aliphatic heterocycles. The lowest BCUT2D eigenvalue weighted by Gasteiger charge is -2.26. The van der Waals surface area contributed by atoms with Crippen LogP contribution in [0.25, 0.3) is 11.2 Å². The first kappa shape index (κ1) is 19.1. The maximum absolute atomic E-state index is 13.0. The first-order valence-corrected chi connectivity index (χ1v) is 9.22. The molecule has 4 unspecified atom stereocenters. The van der Waals surface area contributed by atoms with Gasteiger partial charge in [0.25, 0.3) is 5.56 Å². The molecule has 30 heavy (non-hydrogen) atoms. The van der Waals surface area contributed by atoms with Crippen LogP contribution in [0.2, 0.25) is 0 Å². The highest BCUT2D eigenvalue weighted by molar-refractivity contribution is 5.72. The van der Waals surface area contributed by atoms with Crippen LogP contribution in [0.5, 0.6) is 0 Å². The van der Waals surface area contributed by atoms with Gasteiger partial charge in [0.1, 0.15) is 18.3 Å². The zero-order valence-corrected chi connectivity index (χ0v) is 15.4. The molecule has 1 saturated heterocycles. The molecule has 0 spiro atoms. The van der Waals surface area contributed by atoms with Crippen molar-refractivity contribution in [2.75, 3.05) is 11.9 Å². The van der Waals surface area contributed by atoms with E-state index in [0.717, 1.165) is 4.57 Å². The van der Waals surface area contributed by atoms with Crippen molar-refractivity contribution in [2.45, 2.75) is 36.5 Å².